The van der Waals surface area contributed by atoms with E-state index in [2.05, 4.69) is 47.9 Å². The first-order valence-corrected chi connectivity index (χ1v) is 7.45. The minimum Gasteiger partial charge on any atom is -0.330 e. The van der Waals surface area contributed by atoms with Crippen LogP contribution in [0, 0.1) is 0 Å². The van der Waals surface area contributed by atoms with Crippen molar-refractivity contribution < 1.29 is 0 Å². The Labute approximate surface area is 109 Å². The average Bonchev–Trinajstić information content (AvgIpc) is 2.32. The lowest BCUT2D eigenvalue weighted by molar-refractivity contribution is 0.277. The molecule has 1 saturated heterocycles. The van der Waals surface area contributed by atoms with Crippen LogP contribution >= 0.6 is 11.8 Å². The molecule has 94 valence electrons. The van der Waals surface area contributed by atoms with Crippen LogP contribution in [0.3, 0.4) is 0 Å². The lowest BCUT2D eigenvalue weighted by atomic mass is 10.0. The standard InChI is InChI=1S/C14H22N2S/c1-12-10-16(8-9-17-12)11-14-5-3-2-4-13(14)6-7-15/h2-5,12H,6-11,15H2,1H3. The number of benzene rings is 1. The molecule has 1 unspecified atom stereocenters. The van der Waals surface area contributed by atoms with Gasteiger partial charge in [-0.3, -0.25) is 4.90 Å². The van der Waals surface area contributed by atoms with Crippen LogP contribution in [0.15, 0.2) is 24.3 Å². The van der Waals surface area contributed by atoms with Crippen LogP contribution in [0.5, 0.6) is 0 Å². The van der Waals surface area contributed by atoms with Crippen LogP contribution < -0.4 is 5.73 Å². The van der Waals surface area contributed by atoms with Crippen LogP contribution in [-0.2, 0) is 13.0 Å². The molecule has 3 heteroatoms. The zero-order valence-electron chi connectivity index (χ0n) is 10.6. The lowest BCUT2D eigenvalue weighted by Gasteiger charge is -2.31. The van der Waals surface area contributed by atoms with Gasteiger partial charge in [0.25, 0.3) is 0 Å². The number of hydrogen-bond acceptors (Lipinski definition) is 3. The van der Waals surface area contributed by atoms with Crippen molar-refractivity contribution in [1.29, 1.82) is 0 Å². The summed E-state index contributed by atoms with van der Waals surface area (Å²) >= 11 is 2.09. The Kier molecular flexibility index (Phi) is 4.89. The Hall–Kier alpha value is -0.510. The van der Waals surface area contributed by atoms with Crippen LogP contribution in [-0.4, -0.2) is 35.5 Å². The topological polar surface area (TPSA) is 29.3 Å². The van der Waals surface area contributed by atoms with Crippen LogP contribution in [0.2, 0.25) is 0 Å². The Morgan fingerprint density at radius 3 is 2.82 bits per heavy atom. The first kappa shape index (κ1) is 12.9. The molecule has 2 nitrogen and oxygen atoms in total. The quantitative estimate of drug-likeness (QED) is 0.887. The van der Waals surface area contributed by atoms with E-state index in [1.54, 1.807) is 0 Å². The summed E-state index contributed by atoms with van der Waals surface area (Å²) in [7, 11) is 0. The predicted molar refractivity (Wildman–Crippen MR) is 76.4 cm³/mol. The van der Waals surface area contributed by atoms with Gasteiger partial charge in [0.15, 0.2) is 0 Å². The summed E-state index contributed by atoms with van der Waals surface area (Å²) in [4.78, 5) is 2.57. The molecular formula is C14H22N2S. The van der Waals surface area contributed by atoms with Gasteiger partial charge in [0, 0.05) is 30.6 Å². The molecule has 1 aromatic carbocycles. The Morgan fingerprint density at radius 2 is 2.12 bits per heavy atom. The summed E-state index contributed by atoms with van der Waals surface area (Å²) in [5.74, 6) is 1.26. The maximum atomic E-state index is 5.67. The molecule has 1 aromatic rings. The smallest absolute Gasteiger partial charge is 0.0237 e. The zero-order valence-corrected chi connectivity index (χ0v) is 11.4. The minimum absolute atomic E-state index is 0.739. The van der Waals surface area contributed by atoms with Crippen LogP contribution in [0.4, 0.5) is 0 Å². The first-order chi connectivity index (χ1) is 8.29. The van der Waals surface area contributed by atoms with Gasteiger partial charge in [-0.1, -0.05) is 31.2 Å². The van der Waals surface area contributed by atoms with E-state index in [1.165, 1.54) is 30.0 Å². The molecule has 1 atom stereocenters. The monoisotopic (exact) mass is 250 g/mol. The zero-order chi connectivity index (χ0) is 12.1. The Balaban J connectivity index is 2.01. The molecule has 2 N–H and O–H groups in total. The second kappa shape index (κ2) is 6.43. The molecule has 0 aliphatic carbocycles. The molecule has 1 heterocycles. The third-order valence-corrected chi connectivity index (χ3v) is 4.39. The highest BCUT2D eigenvalue weighted by molar-refractivity contribution is 7.99. The molecule has 1 fully saturated rings. The highest BCUT2D eigenvalue weighted by atomic mass is 32.2. The molecule has 17 heavy (non-hydrogen) atoms. The molecule has 1 aliphatic rings. The second-order valence-electron chi connectivity index (χ2n) is 4.72. The van der Waals surface area contributed by atoms with Crippen molar-refractivity contribution in [3.05, 3.63) is 35.4 Å². The highest BCUT2D eigenvalue weighted by Crippen LogP contribution is 2.20. The van der Waals surface area contributed by atoms with E-state index in [4.69, 9.17) is 5.73 Å². The number of hydrogen-bond donors (Lipinski definition) is 1. The Bertz CT molecular complexity index is 354. The third-order valence-electron chi connectivity index (χ3n) is 3.25. The van der Waals surface area contributed by atoms with Gasteiger partial charge in [0.1, 0.15) is 0 Å². The number of thioether (sulfide) groups is 1. The Morgan fingerprint density at radius 1 is 1.35 bits per heavy atom. The predicted octanol–water partition coefficient (Wildman–Crippen LogP) is 2.13. The second-order valence-corrected chi connectivity index (χ2v) is 6.27. The van der Waals surface area contributed by atoms with E-state index in [9.17, 15) is 0 Å². The summed E-state index contributed by atoms with van der Waals surface area (Å²) in [6.07, 6.45) is 0.994. The van der Waals surface area contributed by atoms with E-state index < -0.39 is 0 Å². The van der Waals surface area contributed by atoms with Crippen molar-refractivity contribution in [2.24, 2.45) is 5.73 Å². The SMILES string of the molecule is CC1CN(Cc2ccccc2CCN)CCS1. The van der Waals surface area contributed by atoms with Crippen molar-refractivity contribution in [1.82, 2.24) is 4.90 Å². The van der Waals surface area contributed by atoms with Gasteiger partial charge in [-0.25, -0.2) is 0 Å². The number of nitrogens with two attached hydrogens (primary N) is 1. The van der Waals surface area contributed by atoms with E-state index in [1.807, 2.05) is 0 Å². The fourth-order valence-corrected chi connectivity index (χ4v) is 3.47. The summed E-state index contributed by atoms with van der Waals surface area (Å²) in [6, 6.07) is 8.71. The molecule has 1 aliphatic heterocycles. The first-order valence-electron chi connectivity index (χ1n) is 6.40. The van der Waals surface area contributed by atoms with E-state index in [0.29, 0.717) is 0 Å². The lowest BCUT2D eigenvalue weighted by Crippen LogP contribution is -2.36. The summed E-state index contributed by atoms with van der Waals surface area (Å²) in [5, 5.41) is 0.769. The normalized spacial score (nSPS) is 21.6. The summed E-state index contributed by atoms with van der Waals surface area (Å²) in [6.45, 7) is 6.57. The number of rotatable bonds is 4. The highest BCUT2D eigenvalue weighted by Gasteiger charge is 2.17. The molecule has 0 amide bonds. The van der Waals surface area contributed by atoms with E-state index >= 15 is 0 Å². The van der Waals surface area contributed by atoms with Gasteiger partial charge in [-0.2, -0.15) is 11.8 Å². The molecular weight excluding hydrogens is 228 g/mol. The number of nitrogens with zero attached hydrogens (tertiary/aromatic N) is 1. The largest absolute Gasteiger partial charge is 0.330 e. The minimum atomic E-state index is 0.739. The van der Waals surface area contributed by atoms with Crippen LogP contribution in [0.1, 0.15) is 18.1 Å². The molecule has 0 aromatic heterocycles. The van der Waals surface area contributed by atoms with Crippen LogP contribution in [0.25, 0.3) is 0 Å². The summed E-state index contributed by atoms with van der Waals surface area (Å²) in [5.41, 5.74) is 8.54. The maximum Gasteiger partial charge on any atom is 0.0237 e. The van der Waals surface area contributed by atoms with E-state index in [0.717, 1.165) is 24.8 Å². The average molecular weight is 250 g/mol. The fourth-order valence-electron chi connectivity index (χ4n) is 2.39. The van der Waals surface area contributed by atoms with Gasteiger partial charge in [-0.05, 0) is 24.1 Å². The fraction of sp³-hybridized carbons (Fsp3) is 0.571. The molecule has 0 radical (unpaired) electrons. The van der Waals surface area contributed by atoms with E-state index in [-0.39, 0.29) is 0 Å². The van der Waals surface area contributed by atoms with Crippen molar-refractivity contribution in [3.8, 4) is 0 Å². The molecule has 0 spiro atoms. The molecule has 0 bridgehead atoms. The maximum absolute atomic E-state index is 5.67. The van der Waals surface area contributed by atoms with Crippen molar-refractivity contribution in [3.63, 3.8) is 0 Å². The van der Waals surface area contributed by atoms with Gasteiger partial charge >= 0.3 is 0 Å². The molecule has 0 saturated carbocycles. The summed E-state index contributed by atoms with van der Waals surface area (Å²) < 4.78 is 0. The third kappa shape index (κ3) is 3.73. The van der Waals surface area contributed by atoms with Crippen molar-refractivity contribution >= 4 is 11.8 Å². The van der Waals surface area contributed by atoms with Gasteiger partial charge < -0.3 is 5.73 Å². The van der Waals surface area contributed by atoms with Gasteiger partial charge in [0.2, 0.25) is 0 Å². The van der Waals surface area contributed by atoms with Crippen molar-refractivity contribution in [2.45, 2.75) is 25.1 Å². The van der Waals surface area contributed by atoms with Crippen molar-refractivity contribution in [2.75, 3.05) is 25.4 Å². The van der Waals surface area contributed by atoms with Gasteiger partial charge in [0.05, 0.1) is 0 Å². The molecule has 2 rings (SSSR count). The van der Waals surface area contributed by atoms with Gasteiger partial charge in [-0.15, -0.1) is 0 Å².